The van der Waals surface area contributed by atoms with Crippen LogP contribution in [0, 0.1) is 23.0 Å². The first kappa shape index (κ1) is 17.1. The van der Waals surface area contributed by atoms with E-state index in [4.69, 9.17) is 5.73 Å². The molecule has 1 rings (SSSR count). The number of hydrogen-bond donors (Lipinski definition) is 2. The Kier molecular flexibility index (Phi) is 5.43. The third kappa shape index (κ3) is 4.26. The number of aryl methyl sites for hydroxylation is 1. The molecule has 0 bridgehead atoms. The Balaban J connectivity index is 3.10. The Morgan fingerprint density at radius 3 is 2.57 bits per heavy atom. The fraction of sp³-hybridized carbons (Fsp3) is 0.533. The molecule has 0 aliphatic heterocycles. The van der Waals surface area contributed by atoms with Crippen LogP contribution in [0.2, 0.25) is 0 Å². The van der Waals surface area contributed by atoms with Gasteiger partial charge in [-0.1, -0.05) is 26.0 Å². The van der Waals surface area contributed by atoms with Gasteiger partial charge in [-0.25, -0.2) is 0 Å². The lowest BCUT2D eigenvalue weighted by Gasteiger charge is -2.31. The number of nitrogens with two attached hydrogens (primary N) is 1. The van der Waals surface area contributed by atoms with Crippen LogP contribution in [0.15, 0.2) is 18.2 Å². The van der Waals surface area contributed by atoms with Gasteiger partial charge in [-0.3, -0.25) is 14.9 Å². The lowest BCUT2D eigenvalue weighted by atomic mass is 9.90. The highest BCUT2D eigenvalue weighted by molar-refractivity contribution is 5.99. The Labute approximate surface area is 124 Å². The highest BCUT2D eigenvalue weighted by atomic mass is 16.6. The molecule has 0 aliphatic rings. The molecule has 1 aromatic rings. The van der Waals surface area contributed by atoms with Crippen molar-refractivity contribution in [3.05, 3.63) is 39.4 Å². The maximum Gasteiger partial charge on any atom is 0.285 e. The van der Waals surface area contributed by atoms with Crippen LogP contribution in [0.25, 0.3) is 0 Å². The Bertz CT molecular complexity index is 543. The van der Waals surface area contributed by atoms with Crippen molar-refractivity contribution in [1.82, 2.24) is 5.32 Å². The molecular formula is C15H23N3O3. The third-order valence-corrected chi connectivity index (χ3v) is 3.39. The van der Waals surface area contributed by atoms with Crippen LogP contribution in [-0.4, -0.2) is 22.9 Å². The second-order valence-corrected chi connectivity index (χ2v) is 6.05. The number of nitro groups is 1. The first-order valence-corrected chi connectivity index (χ1v) is 6.97. The van der Waals surface area contributed by atoms with E-state index in [2.05, 4.69) is 5.32 Å². The summed E-state index contributed by atoms with van der Waals surface area (Å²) in [4.78, 5) is 23.0. The van der Waals surface area contributed by atoms with Gasteiger partial charge in [-0.05, 0) is 32.3 Å². The van der Waals surface area contributed by atoms with E-state index < -0.39 is 16.4 Å². The van der Waals surface area contributed by atoms with Gasteiger partial charge in [0.05, 0.1) is 4.92 Å². The Hall–Kier alpha value is -1.95. The van der Waals surface area contributed by atoms with Gasteiger partial charge >= 0.3 is 0 Å². The molecule has 0 aromatic heterocycles. The number of benzene rings is 1. The van der Waals surface area contributed by atoms with E-state index in [0.29, 0.717) is 17.9 Å². The quantitative estimate of drug-likeness (QED) is 0.621. The van der Waals surface area contributed by atoms with Gasteiger partial charge in [0.1, 0.15) is 5.56 Å². The predicted molar refractivity (Wildman–Crippen MR) is 82.2 cm³/mol. The Morgan fingerprint density at radius 2 is 2.10 bits per heavy atom. The maximum atomic E-state index is 12.4. The van der Waals surface area contributed by atoms with Crippen molar-refractivity contribution in [2.24, 2.45) is 11.7 Å². The van der Waals surface area contributed by atoms with Crippen molar-refractivity contribution >= 4 is 11.6 Å². The molecule has 0 saturated carbocycles. The largest absolute Gasteiger partial charge is 0.345 e. The number of carbonyl (C=O) groups excluding carboxylic acids is 1. The highest BCUT2D eigenvalue weighted by Gasteiger charge is 2.29. The van der Waals surface area contributed by atoms with E-state index in [1.54, 1.807) is 19.1 Å². The summed E-state index contributed by atoms with van der Waals surface area (Å²) in [6.45, 7) is 7.82. The normalized spacial score (nSPS) is 13.8. The number of nitrogens with one attached hydrogen (secondary N) is 1. The molecule has 0 radical (unpaired) electrons. The van der Waals surface area contributed by atoms with Crippen molar-refractivity contribution in [1.29, 1.82) is 0 Å². The molecule has 0 fully saturated rings. The van der Waals surface area contributed by atoms with Crippen molar-refractivity contribution < 1.29 is 9.72 Å². The van der Waals surface area contributed by atoms with Gasteiger partial charge < -0.3 is 11.1 Å². The van der Waals surface area contributed by atoms with E-state index in [-0.39, 0.29) is 17.8 Å². The van der Waals surface area contributed by atoms with E-state index >= 15 is 0 Å². The minimum Gasteiger partial charge on any atom is -0.345 e. The van der Waals surface area contributed by atoms with Crippen molar-refractivity contribution in [3.8, 4) is 0 Å². The monoisotopic (exact) mass is 293 g/mol. The molecule has 6 heteroatoms. The molecule has 6 nitrogen and oxygen atoms in total. The van der Waals surface area contributed by atoms with E-state index in [9.17, 15) is 14.9 Å². The van der Waals surface area contributed by atoms with Crippen LogP contribution in [0.5, 0.6) is 0 Å². The molecule has 1 atom stereocenters. The van der Waals surface area contributed by atoms with Crippen LogP contribution in [0.1, 0.15) is 43.1 Å². The standard InChI is InChI=1S/C15H23N3O3/c1-10(2)8-15(4,9-16)17-14(19)12-7-5-6-11(3)13(12)18(20)21/h5-7,10H,8-9,16H2,1-4H3,(H,17,19). The topological polar surface area (TPSA) is 98.3 Å². The predicted octanol–water partition coefficient (Wildman–Crippen LogP) is 2.40. The SMILES string of the molecule is Cc1cccc(C(=O)NC(C)(CN)CC(C)C)c1[N+](=O)[O-]. The molecule has 3 N–H and O–H groups in total. The maximum absolute atomic E-state index is 12.4. The van der Waals surface area contributed by atoms with Gasteiger partial charge in [0.15, 0.2) is 0 Å². The molecule has 0 spiro atoms. The number of nitro benzene ring substituents is 1. The minimum absolute atomic E-state index is 0.0726. The summed E-state index contributed by atoms with van der Waals surface area (Å²) in [6, 6.07) is 4.72. The third-order valence-electron chi connectivity index (χ3n) is 3.39. The summed E-state index contributed by atoms with van der Waals surface area (Å²) in [5.41, 5.74) is 5.56. The van der Waals surface area contributed by atoms with Gasteiger partial charge in [0, 0.05) is 17.6 Å². The van der Waals surface area contributed by atoms with E-state index in [0.717, 1.165) is 0 Å². The van der Waals surface area contributed by atoms with Crippen LogP contribution in [0.3, 0.4) is 0 Å². The van der Waals surface area contributed by atoms with Gasteiger partial charge in [0.2, 0.25) is 0 Å². The number of para-hydroxylation sites is 1. The zero-order valence-corrected chi connectivity index (χ0v) is 13.0. The number of nitrogens with zero attached hydrogens (tertiary/aromatic N) is 1. The summed E-state index contributed by atoms with van der Waals surface area (Å²) < 4.78 is 0. The minimum atomic E-state index is -0.580. The summed E-state index contributed by atoms with van der Waals surface area (Å²) in [5, 5.41) is 14.0. The highest BCUT2D eigenvalue weighted by Crippen LogP contribution is 2.24. The molecule has 1 unspecified atom stereocenters. The van der Waals surface area contributed by atoms with Gasteiger partial charge in [0.25, 0.3) is 11.6 Å². The summed E-state index contributed by atoms with van der Waals surface area (Å²) >= 11 is 0. The number of hydrogen-bond acceptors (Lipinski definition) is 4. The zero-order valence-electron chi connectivity index (χ0n) is 13.0. The summed E-state index contributed by atoms with van der Waals surface area (Å²) in [7, 11) is 0. The molecule has 0 saturated heterocycles. The van der Waals surface area contributed by atoms with E-state index in [1.165, 1.54) is 6.07 Å². The molecule has 21 heavy (non-hydrogen) atoms. The first-order chi connectivity index (χ1) is 9.70. The van der Waals surface area contributed by atoms with E-state index in [1.807, 2.05) is 20.8 Å². The molecule has 1 amide bonds. The average molecular weight is 293 g/mol. The number of carbonyl (C=O) groups is 1. The summed E-state index contributed by atoms with van der Waals surface area (Å²) in [6.07, 6.45) is 0.703. The summed E-state index contributed by atoms with van der Waals surface area (Å²) in [5.74, 6) is -0.106. The molecular weight excluding hydrogens is 270 g/mol. The van der Waals surface area contributed by atoms with Crippen LogP contribution < -0.4 is 11.1 Å². The van der Waals surface area contributed by atoms with Gasteiger partial charge in [-0.2, -0.15) is 0 Å². The molecule has 1 aromatic carbocycles. The Morgan fingerprint density at radius 1 is 1.48 bits per heavy atom. The average Bonchev–Trinajstić information content (AvgIpc) is 2.36. The second kappa shape index (κ2) is 6.67. The van der Waals surface area contributed by atoms with Crippen LogP contribution in [-0.2, 0) is 0 Å². The molecule has 0 aliphatic carbocycles. The number of amides is 1. The first-order valence-electron chi connectivity index (χ1n) is 6.97. The van der Waals surface area contributed by atoms with Gasteiger partial charge in [-0.15, -0.1) is 0 Å². The number of rotatable bonds is 6. The molecule has 116 valence electrons. The van der Waals surface area contributed by atoms with Crippen molar-refractivity contribution in [2.45, 2.75) is 39.7 Å². The van der Waals surface area contributed by atoms with Crippen molar-refractivity contribution in [3.63, 3.8) is 0 Å². The lowest BCUT2D eigenvalue weighted by molar-refractivity contribution is -0.385. The lowest BCUT2D eigenvalue weighted by Crippen LogP contribution is -2.52. The van der Waals surface area contributed by atoms with Crippen LogP contribution >= 0.6 is 0 Å². The van der Waals surface area contributed by atoms with Crippen LogP contribution in [0.4, 0.5) is 5.69 Å². The smallest absolute Gasteiger partial charge is 0.285 e. The zero-order chi connectivity index (χ0) is 16.2. The van der Waals surface area contributed by atoms with Crippen molar-refractivity contribution in [2.75, 3.05) is 6.54 Å². The fourth-order valence-corrected chi connectivity index (χ4v) is 2.51. The fourth-order valence-electron chi connectivity index (χ4n) is 2.51. The molecule has 0 heterocycles. The second-order valence-electron chi connectivity index (χ2n) is 6.05.